The first kappa shape index (κ1) is 15.4. The molecule has 1 aliphatic carbocycles. The Morgan fingerprint density at radius 1 is 1.21 bits per heavy atom. The number of unbranched alkanes of at least 4 members (excludes halogenated alkanes) is 1. The summed E-state index contributed by atoms with van der Waals surface area (Å²) in [6.07, 6.45) is 10.7. The molecule has 1 atom stereocenters. The highest BCUT2D eigenvalue weighted by molar-refractivity contribution is 9.09. The zero-order chi connectivity index (χ0) is 13.7. The number of alkyl halides is 1. The van der Waals surface area contributed by atoms with Crippen LogP contribution in [0.3, 0.4) is 0 Å². The molecule has 1 aromatic rings. The van der Waals surface area contributed by atoms with Gasteiger partial charge in [0.15, 0.2) is 0 Å². The van der Waals surface area contributed by atoms with Gasteiger partial charge in [-0.2, -0.15) is 0 Å². The maximum Gasteiger partial charge on any atom is 0.131 e. The minimum atomic E-state index is 0.389. The topological polar surface area (TPSA) is 25.8 Å². The molecule has 1 unspecified atom stereocenters. The van der Waals surface area contributed by atoms with Crippen molar-refractivity contribution in [3.05, 3.63) is 10.0 Å². The highest BCUT2D eigenvalue weighted by atomic mass is 79.9. The zero-order valence-electron chi connectivity index (χ0n) is 12.1. The van der Waals surface area contributed by atoms with E-state index in [0.29, 0.717) is 10.7 Å². The summed E-state index contributed by atoms with van der Waals surface area (Å²) in [4.78, 5) is 0.389. The van der Waals surface area contributed by atoms with Crippen LogP contribution in [0.25, 0.3) is 0 Å². The zero-order valence-corrected chi connectivity index (χ0v) is 14.5. The maximum absolute atomic E-state index is 4.43. The Morgan fingerprint density at radius 3 is 2.58 bits per heavy atom. The Bertz CT molecular complexity index is 372. The lowest BCUT2D eigenvalue weighted by molar-refractivity contribution is 0.303. The largest absolute Gasteiger partial charge is 0.143 e. The quantitative estimate of drug-likeness (QED) is 0.605. The third kappa shape index (κ3) is 4.25. The van der Waals surface area contributed by atoms with Gasteiger partial charge in [-0.1, -0.05) is 49.0 Å². The van der Waals surface area contributed by atoms with Gasteiger partial charge >= 0.3 is 0 Å². The fraction of sp³-hybridized carbons (Fsp3) is 0.867. The van der Waals surface area contributed by atoms with E-state index in [1.807, 2.05) is 11.3 Å². The van der Waals surface area contributed by atoms with Gasteiger partial charge in [0, 0.05) is 5.92 Å². The Balaban J connectivity index is 1.85. The van der Waals surface area contributed by atoms with Crippen molar-refractivity contribution in [2.75, 3.05) is 0 Å². The predicted molar refractivity (Wildman–Crippen MR) is 86.1 cm³/mol. The summed E-state index contributed by atoms with van der Waals surface area (Å²) < 4.78 is 0. The van der Waals surface area contributed by atoms with Crippen LogP contribution in [0.15, 0.2) is 0 Å². The molecule has 1 aromatic heterocycles. The smallest absolute Gasteiger partial charge is 0.131 e. The third-order valence-corrected chi connectivity index (χ3v) is 6.83. The van der Waals surface area contributed by atoms with E-state index < -0.39 is 0 Å². The van der Waals surface area contributed by atoms with Gasteiger partial charge in [-0.3, -0.25) is 0 Å². The lowest BCUT2D eigenvalue weighted by atomic mass is 9.80. The molecule has 2 rings (SSSR count). The fourth-order valence-corrected chi connectivity index (χ4v) is 4.35. The SMILES string of the molecule is CCCCC1CCC(c2nnc(C(Br)CC)s2)CC1. The second kappa shape index (κ2) is 7.72. The molecule has 1 aliphatic rings. The molecule has 1 fully saturated rings. The molecule has 0 saturated heterocycles. The van der Waals surface area contributed by atoms with Gasteiger partial charge in [-0.05, 0) is 38.0 Å². The molecule has 0 spiro atoms. The average Bonchev–Trinajstić information content (AvgIpc) is 2.94. The molecule has 0 bridgehead atoms. The van der Waals surface area contributed by atoms with E-state index in [4.69, 9.17) is 0 Å². The Hall–Kier alpha value is 0.0400. The van der Waals surface area contributed by atoms with Crippen LogP contribution in [0, 0.1) is 5.92 Å². The first-order chi connectivity index (χ1) is 9.24. The number of aromatic nitrogens is 2. The van der Waals surface area contributed by atoms with Gasteiger partial charge in [-0.25, -0.2) is 0 Å². The lowest BCUT2D eigenvalue weighted by Gasteiger charge is -2.26. The van der Waals surface area contributed by atoms with Crippen molar-refractivity contribution >= 4 is 27.3 Å². The molecule has 1 heterocycles. The highest BCUT2D eigenvalue weighted by Gasteiger charge is 2.25. The Labute approximate surface area is 129 Å². The van der Waals surface area contributed by atoms with Crippen LogP contribution in [0.4, 0.5) is 0 Å². The monoisotopic (exact) mass is 344 g/mol. The van der Waals surface area contributed by atoms with Crippen LogP contribution >= 0.6 is 27.3 Å². The summed E-state index contributed by atoms with van der Waals surface area (Å²) in [5, 5.41) is 11.2. The standard InChI is InChI=1S/C15H25BrN2S/c1-3-5-6-11-7-9-12(10-8-11)14-17-18-15(19-14)13(16)4-2/h11-13H,3-10H2,1-2H3. The average molecular weight is 345 g/mol. The van der Waals surface area contributed by atoms with Crippen LogP contribution in [0.1, 0.15) is 86.0 Å². The summed E-state index contributed by atoms with van der Waals surface area (Å²) in [5.41, 5.74) is 0. The number of halogens is 1. The molecule has 0 N–H and O–H groups in total. The molecule has 1 saturated carbocycles. The molecule has 4 heteroatoms. The van der Waals surface area contributed by atoms with Gasteiger partial charge in [0.05, 0.1) is 4.83 Å². The highest BCUT2D eigenvalue weighted by Crippen LogP contribution is 2.40. The summed E-state index contributed by atoms with van der Waals surface area (Å²) in [6, 6.07) is 0. The van der Waals surface area contributed by atoms with E-state index in [0.717, 1.165) is 17.3 Å². The molecular formula is C15H25BrN2S. The predicted octanol–water partition coefficient (Wildman–Crippen LogP) is 5.85. The number of hydrogen-bond donors (Lipinski definition) is 0. The molecule has 108 valence electrons. The molecule has 0 aromatic carbocycles. The molecule has 0 aliphatic heterocycles. The summed E-state index contributed by atoms with van der Waals surface area (Å²) >= 11 is 5.49. The van der Waals surface area contributed by atoms with E-state index in [-0.39, 0.29) is 0 Å². The number of rotatable bonds is 6. The lowest BCUT2D eigenvalue weighted by Crippen LogP contribution is -2.13. The summed E-state index contributed by atoms with van der Waals surface area (Å²) in [5.74, 6) is 1.66. The van der Waals surface area contributed by atoms with Crippen LogP contribution in [0.2, 0.25) is 0 Å². The van der Waals surface area contributed by atoms with E-state index in [2.05, 4.69) is 40.0 Å². The van der Waals surface area contributed by atoms with Crippen molar-refractivity contribution in [1.29, 1.82) is 0 Å². The van der Waals surface area contributed by atoms with Gasteiger partial charge in [-0.15, -0.1) is 21.5 Å². The second-order valence-electron chi connectivity index (χ2n) is 5.71. The van der Waals surface area contributed by atoms with Gasteiger partial charge < -0.3 is 0 Å². The van der Waals surface area contributed by atoms with E-state index >= 15 is 0 Å². The van der Waals surface area contributed by atoms with E-state index in [1.54, 1.807) is 0 Å². The first-order valence-corrected chi connectivity index (χ1v) is 9.45. The van der Waals surface area contributed by atoms with Crippen molar-refractivity contribution in [3.8, 4) is 0 Å². The minimum absolute atomic E-state index is 0.389. The Morgan fingerprint density at radius 2 is 1.95 bits per heavy atom. The second-order valence-corrected chi connectivity index (χ2v) is 7.86. The van der Waals surface area contributed by atoms with Crippen molar-refractivity contribution < 1.29 is 0 Å². The Kier molecular flexibility index (Phi) is 6.27. The van der Waals surface area contributed by atoms with Crippen molar-refractivity contribution in [1.82, 2.24) is 10.2 Å². The van der Waals surface area contributed by atoms with Gasteiger partial charge in [0.1, 0.15) is 10.0 Å². The summed E-state index contributed by atoms with van der Waals surface area (Å²) in [6.45, 7) is 4.47. The third-order valence-electron chi connectivity index (χ3n) is 4.24. The van der Waals surface area contributed by atoms with Crippen LogP contribution in [0.5, 0.6) is 0 Å². The first-order valence-electron chi connectivity index (χ1n) is 7.71. The number of hydrogen-bond acceptors (Lipinski definition) is 3. The van der Waals surface area contributed by atoms with Gasteiger partial charge in [0.2, 0.25) is 0 Å². The molecule has 0 radical (unpaired) electrons. The number of nitrogens with zero attached hydrogens (tertiary/aromatic N) is 2. The fourth-order valence-electron chi connectivity index (χ4n) is 2.90. The summed E-state index contributed by atoms with van der Waals surface area (Å²) in [7, 11) is 0. The van der Waals surface area contributed by atoms with Crippen LogP contribution in [-0.4, -0.2) is 10.2 Å². The van der Waals surface area contributed by atoms with Gasteiger partial charge in [0.25, 0.3) is 0 Å². The molecule has 19 heavy (non-hydrogen) atoms. The van der Waals surface area contributed by atoms with E-state index in [9.17, 15) is 0 Å². The van der Waals surface area contributed by atoms with E-state index in [1.165, 1.54) is 50.0 Å². The maximum atomic E-state index is 4.43. The van der Waals surface area contributed by atoms with Crippen molar-refractivity contribution in [3.63, 3.8) is 0 Å². The van der Waals surface area contributed by atoms with Crippen LogP contribution < -0.4 is 0 Å². The normalized spacial score (nSPS) is 25.4. The molecule has 0 amide bonds. The minimum Gasteiger partial charge on any atom is -0.143 e. The van der Waals surface area contributed by atoms with Crippen LogP contribution in [-0.2, 0) is 0 Å². The van der Waals surface area contributed by atoms with Crippen molar-refractivity contribution in [2.24, 2.45) is 5.92 Å². The molecule has 2 nitrogen and oxygen atoms in total. The molecular weight excluding hydrogens is 320 g/mol. The van der Waals surface area contributed by atoms with Crippen molar-refractivity contribution in [2.45, 2.75) is 76.0 Å².